The summed E-state index contributed by atoms with van der Waals surface area (Å²) in [6, 6.07) is 0. The highest BCUT2D eigenvalue weighted by Gasteiger charge is 2.29. The van der Waals surface area contributed by atoms with E-state index in [0.29, 0.717) is 13.2 Å². The number of ether oxygens (including phenoxy) is 2. The first-order valence-electron chi connectivity index (χ1n) is 8.82. The van der Waals surface area contributed by atoms with Crippen molar-refractivity contribution in [3.8, 4) is 0 Å². The van der Waals surface area contributed by atoms with Gasteiger partial charge in [0.05, 0.1) is 45.1 Å². The molecule has 0 spiro atoms. The van der Waals surface area contributed by atoms with Gasteiger partial charge in [-0.25, -0.2) is 28.1 Å². The molecule has 0 aliphatic carbocycles. The van der Waals surface area contributed by atoms with Crippen LogP contribution in [0, 0.1) is 0 Å². The molecule has 2 fully saturated rings. The summed E-state index contributed by atoms with van der Waals surface area (Å²) in [7, 11) is 0. The van der Waals surface area contributed by atoms with Gasteiger partial charge in [0.25, 0.3) is 0 Å². The van der Waals surface area contributed by atoms with Gasteiger partial charge in [-0.3, -0.25) is 0 Å². The van der Waals surface area contributed by atoms with Crippen molar-refractivity contribution in [1.29, 1.82) is 0 Å². The highest BCUT2D eigenvalue weighted by Crippen LogP contribution is 2.10. The minimum absolute atomic E-state index is 0.0645. The average molecular weight is 367 g/mol. The summed E-state index contributed by atoms with van der Waals surface area (Å²) in [6.07, 6.45) is 3.84. The van der Waals surface area contributed by atoms with Crippen LogP contribution in [0.1, 0.15) is 26.7 Å². The number of unbranched alkanes of at least 4 members (excludes halogenated alkanes) is 1. The van der Waals surface area contributed by atoms with Crippen LogP contribution in [0.25, 0.3) is 0 Å². The van der Waals surface area contributed by atoms with Crippen molar-refractivity contribution in [3.05, 3.63) is 57.3 Å². The molecule has 2 saturated heterocycles. The van der Waals surface area contributed by atoms with Crippen molar-refractivity contribution in [2.75, 3.05) is 13.2 Å². The van der Waals surface area contributed by atoms with Crippen LogP contribution in [-0.2, 0) is 29.1 Å². The third-order valence-corrected chi connectivity index (χ3v) is 3.77. The minimum atomic E-state index is -0.622. The fourth-order valence-corrected chi connectivity index (χ4v) is 2.03. The molecule has 0 amide bonds. The Bertz CT molecular complexity index is 699. The van der Waals surface area contributed by atoms with Gasteiger partial charge >= 0.3 is 17.1 Å². The molecular weight excluding hydrogens is 338 g/mol. The highest BCUT2D eigenvalue weighted by atomic mass is 16.6. The van der Waals surface area contributed by atoms with Crippen molar-refractivity contribution in [2.24, 2.45) is 0 Å². The molecule has 0 saturated carbocycles. The van der Waals surface area contributed by atoms with Crippen LogP contribution in [0.2, 0.25) is 0 Å². The van der Waals surface area contributed by atoms with E-state index in [1.165, 1.54) is 18.9 Å². The molecule has 2 atom stereocenters. The third-order valence-electron chi connectivity index (χ3n) is 3.77. The van der Waals surface area contributed by atoms with Gasteiger partial charge in [0, 0.05) is 0 Å². The first-order chi connectivity index (χ1) is 12.5. The lowest BCUT2D eigenvalue weighted by molar-refractivity contribution is 0.343. The third kappa shape index (κ3) is 5.96. The van der Waals surface area contributed by atoms with Gasteiger partial charge in [-0.2, -0.15) is 0 Å². The molecule has 8 nitrogen and oxygen atoms in total. The molecule has 2 aliphatic rings. The SMILES string of the molecule is C=C.C=CCn1c(=O)n(CC2CO2)c(=O)n(CC2CO2)c1=O.CCCC. The maximum atomic E-state index is 12.3. The lowest BCUT2D eigenvalue weighted by atomic mass is 10.4. The Balaban J connectivity index is 0.000000500. The molecule has 8 heteroatoms. The normalized spacial score (nSPS) is 19.5. The molecular formula is C18H29N3O5. The second-order valence-electron chi connectivity index (χ2n) is 5.88. The maximum Gasteiger partial charge on any atom is 0.336 e. The average Bonchev–Trinajstić information content (AvgIpc) is 3.56. The van der Waals surface area contributed by atoms with Gasteiger partial charge in [-0.05, 0) is 0 Å². The van der Waals surface area contributed by atoms with E-state index in [9.17, 15) is 14.4 Å². The number of aromatic nitrogens is 3. The number of rotatable bonds is 7. The Labute approximate surface area is 153 Å². The van der Waals surface area contributed by atoms with Gasteiger partial charge in [-0.15, -0.1) is 19.7 Å². The number of allylic oxidation sites excluding steroid dienone is 1. The zero-order valence-corrected chi connectivity index (χ0v) is 15.7. The topological polar surface area (TPSA) is 91.1 Å². The Morgan fingerprint density at radius 1 is 0.885 bits per heavy atom. The van der Waals surface area contributed by atoms with E-state index in [0.717, 1.165) is 13.7 Å². The summed E-state index contributed by atoms with van der Waals surface area (Å²) in [6.45, 7) is 15.3. The van der Waals surface area contributed by atoms with Crippen LogP contribution in [0.15, 0.2) is 40.2 Å². The summed E-state index contributed by atoms with van der Waals surface area (Å²) in [4.78, 5) is 36.7. The molecule has 2 unspecified atom stereocenters. The van der Waals surface area contributed by atoms with Crippen LogP contribution in [-0.4, -0.2) is 39.1 Å². The number of hydrogen-bond donors (Lipinski definition) is 0. The van der Waals surface area contributed by atoms with Crippen LogP contribution < -0.4 is 17.1 Å². The van der Waals surface area contributed by atoms with Crippen molar-refractivity contribution >= 4 is 0 Å². The lowest BCUT2D eigenvalue weighted by Gasteiger charge is -2.11. The Morgan fingerprint density at radius 3 is 1.50 bits per heavy atom. The van der Waals surface area contributed by atoms with E-state index in [1.807, 2.05) is 0 Å². The quantitative estimate of drug-likeness (QED) is 0.524. The summed E-state index contributed by atoms with van der Waals surface area (Å²) in [5.41, 5.74) is -1.85. The van der Waals surface area contributed by atoms with Crippen LogP contribution in [0.4, 0.5) is 0 Å². The Kier molecular flexibility index (Phi) is 9.01. The number of nitrogens with zero attached hydrogens (tertiary/aromatic N) is 3. The molecule has 2 aliphatic heterocycles. The molecule has 146 valence electrons. The van der Waals surface area contributed by atoms with Crippen molar-refractivity contribution in [3.63, 3.8) is 0 Å². The standard InChI is InChI=1S/C12H15N3O5.C4H10.C2H4/c1-2-3-13-10(16)14(4-8-6-19-8)12(18)15(11(13)17)5-9-7-20-9;1-3-4-2;1-2/h2,8-9H,1,3-7H2;3-4H2,1-2H3;1-2H2. The minimum Gasteiger partial charge on any atom is -0.371 e. The summed E-state index contributed by atoms with van der Waals surface area (Å²) in [5.74, 6) is 0. The van der Waals surface area contributed by atoms with Gasteiger partial charge in [0.2, 0.25) is 0 Å². The molecule has 0 aromatic carbocycles. The molecule has 3 rings (SSSR count). The highest BCUT2D eigenvalue weighted by molar-refractivity contribution is 4.86. The predicted octanol–water partition coefficient (Wildman–Crippen LogP) is 0.764. The fraction of sp³-hybridized carbons (Fsp3) is 0.611. The van der Waals surface area contributed by atoms with Gasteiger partial charge in [0.15, 0.2) is 0 Å². The monoisotopic (exact) mass is 367 g/mol. The molecule has 1 aromatic heterocycles. The second kappa shape index (κ2) is 10.7. The van der Waals surface area contributed by atoms with E-state index in [4.69, 9.17) is 9.47 Å². The Morgan fingerprint density at radius 2 is 1.23 bits per heavy atom. The van der Waals surface area contributed by atoms with Gasteiger partial charge in [-0.1, -0.05) is 32.8 Å². The molecule has 0 radical (unpaired) electrons. The Hall–Kier alpha value is -2.19. The number of epoxide rings is 2. The van der Waals surface area contributed by atoms with Crippen molar-refractivity contribution < 1.29 is 9.47 Å². The largest absolute Gasteiger partial charge is 0.371 e. The number of hydrogen-bond acceptors (Lipinski definition) is 5. The molecule has 0 N–H and O–H groups in total. The smallest absolute Gasteiger partial charge is 0.336 e. The van der Waals surface area contributed by atoms with Gasteiger partial charge in [0.1, 0.15) is 0 Å². The fourth-order valence-electron chi connectivity index (χ4n) is 2.03. The molecule has 1 aromatic rings. The maximum absolute atomic E-state index is 12.3. The summed E-state index contributed by atoms with van der Waals surface area (Å²) >= 11 is 0. The molecule has 3 heterocycles. The lowest BCUT2D eigenvalue weighted by Crippen LogP contribution is -2.55. The first-order valence-corrected chi connectivity index (χ1v) is 8.82. The first kappa shape index (κ1) is 21.9. The van der Waals surface area contributed by atoms with E-state index < -0.39 is 17.1 Å². The van der Waals surface area contributed by atoms with Crippen LogP contribution in [0.5, 0.6) is 0 Å². The zero-order chi connectivity index (χ0) is 19.7. The van der Waals surface area contributed by atoms with E-state index in [1.54, 1.807) is 0 Å². The van der Waals surface area contributed by atoms with Crippen LogP contribution >= 0.6 is 0 Å². The van der Waals surface area contributed by atoms with E-state index in [2.05, 4.69) is 33.6 Å². The van der Waals surface area contributed by atoms with E-state index >= 15 is 0 Å². The predicted molar refractivity (Wildman–Crippen MR) is 101 cm³/mol. The zero-order valence-electron chi connectivity index (χ0n) is 15.7. The molecule has 26 heavy (non-hydrogen) atoms. The molecule has 0 bridgehead atoms. The van der Waals surface area contributed by atoms with E-state index in [-0.39, 0.29) is 31.8 Å². The summed E-state index contributed by atoms with van der Waals surface area (Å²) < 4.78 is 13.2. The second-order valence-corrected chi connectivity index (χ2v) is 5.88. The van der Waals surface area contributed by atoms with Crippen molar-refractivity contribution in [1.82, 2.24) is 13.7 Å². The van der Waals surface area contributed by atoms with Crippen molar-refractivity contribution in [2.45, 2.75) is 58.5 Å². The summed E-state index contributed by atoms with van der Waals surface area (Å²) in [5, 5.41) is 0. The van der Waals surface area contributed by atoms with Gasteiger partial charge < -0.3 is 9.47 Å². The van der Waals surface area contributed by atoms with Crippen LogP contribution in [0.3, 0.4) is 0 Å².